The fourth-order valence-corrected chi connectivity index (χ4v) is 2.34. The van der Waals surface area contributed by atoms with E-state index in [2.05, 4.69) is 10.1 Å². The molecule has 0 spiro atoms. The van der Waals surface area contributed by atoms with Crippen molar-refractivity contribution >= 4 is 29.2 Å². The van der Waals surface area contributed by atoms with Crippen LogP contribution >= 0.6 is 11.8 Å². The number of carbonyl (C=O) groups is 1. The first-order valence-corrected chi connectivity index (χ1v) is 8.59. The molecule has 2 aromatic rings. The Hall–Kier alpha value is -2.28. The molecule has 1 heterocycles. The van der Waals surface area contributed by atoms with Crippen molar-refractivity contribution in [3.05, 3.63) is 52.1 Å². The zero-order valence-corrected chi connectivity index (χ0v) is 15.2. The molecule has 24 heavy (non-hydrogen) atoms. The Balaban J connectivity index is 0.00000139. The maximum Gasteiger partial charge on any atom is 0.341 e. The van der Waals surface area contributed by atoms with Crippen molar-refractivity contribution in [3.63, 3.8) is 0 Å². The van der Waals surface area contributed by atoms with Crippen molar-refractivity contribution in [1.29, 1.82) is 0 Å². The molecule has 0 unspecified atom stereocenters. The van der Waals surface area contributed by atoms with Gasteiger partial charge in [-0.1, -0.05) is 13.8 Å². The van der Waals surface area contributed by atoms with Gasteiger partial charge in [0.2, 0.25) is 0 Å². The van der Waals surface area contributed by atoms with Crippen LogP contribution in [0.2, 0.25) is 0 Å². The topological polar surface area (TPSA) is 60.3 Å². The van der Waals surface area contributed by atoms with Gasteiger partial charge in [0.1, 0.15) is 17.2 Å². The molecule has 130 valence electrons. The molecule has 0 bridgehead atoms. The maximum absolute atomic E-state index is 14.1. The highest BCUT2D eigenvalue weighted by Gasteiger charge is 2.16. The van der Waals surface area contributed by atoms with Crippen LogP contribution in [0.4, 0.5) is 15.9 Å². The standard InChI is InChI=1S/C15H15FN2O3S.C2H6/c1-18-13(19)7-5-10(15(20)21-2)14(18)17-12-6-4-9(22-3)8-11(12)16;1-2/h4-8,17H,1-3H3;1-2H3. The van der Waals surface area contributed by atoms with Crippen LogP contribution in [0, 0.1) is 5.82 Å². The summed E-state index contributed by atoms with van der Waals surface area (Å²) in [4.78, 5) is 24.3. The normalized spacial score (nSPS) is 9.75. The van der Waals surface area contributed by atoms with Gasteiger partial charge in [0.25, 0.3) is 5.56 Å². The molecule has 0 aliphatic carbocycles. The number of ether oxygens (including phenoxy) is 1. The lowest BCUT2D eigenvalue weighted by molar-refractivity contribution is 0.0601. The average Bonchev–Trinajstić information content (AvgIpc) is 2.61. The molecule has 0 saturated carbocycles. The molecule has 0 fully saturated rings. The van der Waals surface area contributed by atoms with Gasteiger partial charge in [-0.05, 0) is 30.5 Å². The largest absolute Gasteiger partial charge is 0.465 e. The van der Waals surface area contributed by atoms with E-state index in [9.17, 15) is 14.0 Å². The fraction of sp³-hybridized carbons (Fsp3) is 0.294. The molecule has 0 amide bonds. The molecule has 0 aliphatic heterocycles. The fourth-order valence-electron chi connectivity index (χ4n) is 1.91. The van der Waals surface area contributed by atoms with Gasteiger partial charge in [0.05, 0.1) is 12.8 Å². The Labute approximate surface area is 144 Å². The molecule has 7 heteroatoms. The summed E-state index contributed by atoms with van der Waals surface area (Å²) in [6.45, 7) is 4.00. The Bertz CT molecular complexity index is 775. The second-order valence-electron chi connectivity index (χ2n) is 4.46. The monoisotopic (exact) mass is 352 g/mol. The van der Waals surface area contributed by atoms with E-state index in [1.54, 1.807) is 12.1 Å². The van der Waals surface area contributed by atoms with E-state index in [1.165, 1.54) is 48.7 Å². The van der Waals surface area contributed by atoms with Crippen molar-refractivity contribution < 1.29 is 13.9 Å². The van der Waals surface area contributed by atoms with E-state index >= 15 is 0 Å². The van der Waals surface area contributed by atoms with Crippen molar-refractivity contribution in [2.24, 2.45) is 7.05 Å². The number of esters is 1. The molecule has 1 N–H and O–H groups in total. The SMILES string of the molecule is CC.COC(=O)c1ccc(=O)n(C)c1Nc1ccc(SC)cc1F. The summed E-state index contributed by atoms with van der Waals surface area (Å²) in [7, 11) is 2.73. The number of hydrogen-bond donors (Lipinski definition) is 1. The van der Waals surface area contributed by atoms with Crippen molar-refractivity contribution in [3.8, 4) is 0 Å². The van der Waals surface area contributed by atoms with Gasteiger partial charge in [-0.3, -0.25) is 9.36 Å². The van der Waals surface area contributed by atoms with Crippen LogP contribution < -0.4 is 10.9 Å². The van der Waals surface area contributed by atoms with Crippen LogP contribution in [-0.2, 0) is 11.8 Å². The molecule has 0 saturated heterocycles. The summed E-state index contributed by atoms with van der Waals surface area (Å²) in [5, 5.41) is 2.79. The van der Waals surface area contributed by atoms with Crippen LogP contribution in [0.1, 0.15) is 24.2 Å². The number of benzene rings is 1. The lowest BCUT2D eigenvalue weighted by Crippen LogP contribution is -2.22. The molecule has 1 aromatic carbocycles. The Morgan fingerprint density at radius 1 is 1.25 bits per heavy atom. The number of methoxy groups -OCH3 is 1. The number of anilines is 2. The molecule has 0 atom stereocenters. The van der Waals surface area contributed by atoms with Gasteiger partial charge in [-0.15, -0.1) is 11.8 Å². The van der Waals surface area contributed by atoms with Crippen LogP contribution in [0.15, 0.2) is 40.0 Å². The Kier molecular flexibility index (Phi) is 7.51. The highest BCUT2D eigenvalue weighted by atomic mass is 32.2. The third kappa shape index (κ3) is 4.38. The number of thioether (sulfide) groups is 1. The van der Waals surface area contributed by atoms with Crippen LogP contribution in [0.3, 0.4) is 0 Å². The number of halogens is 1. The number of aromatic nitrogens is 1. The van der Waals surface area contributed by atoms with Gasteiger partial charge >= 0.3 is 5.97 Å². The number of carbonyl (C=O) groups excluding carboxylic acids is 1. The average molecular weight is 352 g/mol. The summed E-state index contributed by atoms with van der Waals surface area (Å²) < 4.78 is 20.0. The summed E-state index contributed by atoms with van der Waals surface area (Å²) >= 11 is 1.42. The number of nitrogens with one attached hydrogen (secondary N) is 1. The van der Waals surface area contributed by atoms with Gasteiger partial charge in [0.15, 0.2) is 0 Å². The maximum atomic E-state index is 14.1. The molecular formula is C17H21FN2O3S. The summed E-state index contributed by atoms with van der Waals surface area (Å²) in [5.41, 5.74) is -0.00149. The zero-order valence-electron chi connectivity index (χ0n) is 14.3. The Morgan fingerprint density at radius 2 is 1.92 bits per heavy atom. The van der Waals surface area contributed by atoms with Crippen molar-refractivity contribution in [1.82, 2.24) is 4.57 Å². The molecule has 2 rings (SSSR count). The predicted octanol–water partition coefficient (Wildman–Crippen LogP) is 3.80. The minimum Gasteiger partial charge on any atom is -0.465 e. The number of pyridine rings is 1. The van der Waals surface area contributed by atoms with E-state index < -0.39 is 11.8 Å². The van der Waals surface area contributed by atoms with Gasteiger partial charge < -0.3 is 10.1 Å². The minimum absolute atomic E-state index is 0.151. The molecule has 5 nitrogen and oxygen atoms in total. The number of rotatable bonds is 4. The summed E-state index contributed by atoms with van der Waals surface area (Å²) in [5.74, 6) is -0.909. The summed E-state index contributed by atoms with van der Waals surface area (Å²) in [6, 6.07) is 7.29. The molecule has 0 radical (unpaired) electrons. The highest BCUT2D eigenvalue weighted by Crippen LogP contribution is 2.25. The van der Waals surface area contributed by atoms with Gasteiger partial charge in [0, 0.05) is 18.0 Å². The highest BCUT2D eigenvalue weighted by molar-refractivity contribution is 7.98. The van der Waals surface area contributed by atoms with Gasteiger partial charge in [-0.2, -0.15) is 0 Å². The van der Waals surface area contributed by atoms with Crippen molar-refractivity contribution in [2.45, 2.75) is 18.7 Å². The molecule has 1 aromatic heterocycles. The smallest absolute Gasteiger partial charge is 0.341 e. The zero-order chi connectivity index (χ0) is 18.3. The lowest BCUT2D eigenvalue weighted by atomic mass is 10.2. The van der Waals surface area contributed by atoms with Crippen LogP contribution in [-0.4, -0.2) is 23.9 Å². The van der Waals surface area contributed by atoms with E-state index in [1.807, 2.05) is 20.1 Å². The van der Waals surface area contributed by atoms with Crippen LogP contribution in [0.5, 0.6) is 0 Å². The summed E-state index contributed by atoms with van der Waals surface area (Å²) in [6.07, 6.45) is 1.85. The number of hydrogen-bond acceptors (Lipinski definition) is 5. The van der Waals surface area contributed by atoms with E-state index in [0.29, 0.717) is 0 Å². The van der Waals surface area contributed by atoms with Crippen molar-refractivity contribution in [2.75, 3.05) is 18.7 Å². The first kappa shape index (κ1) is 19.8. The first-order chi connectivity index (χ1) is 11.5. The third-order valence-electron chi connectivity index (χ3n) is 3.15. The third-order valence-corrected chi connectivity index (χ3v) is 3.87. The quantitative estimate of drug-likeness (QED) is 0.670. The lowest BCUT2D eigenvalue weighted by Gasteiger charge is -2.15. The Morgan fingerprint density at radius 3 is 2.46 bits per heavy atom. The molecular weight excluding hydrogens is 331 g/mol. The second-order valence-corrected chi connectivity index (χ2v) is 5.33. The molecule has 0 aliphatic rings. The second kappa shape index (κ2) is 9.12. The van der Waals surface area contributed by atoms with Crippen LogP contribution in [0.25, 0.3) is 0 Å². The van der Waals surface area contributed by atoms with E-state index in [-0.39, 0.29) is 22.6 Å². The first-order valence-electron chi connectivity index (χ1n) is 7.37. The van der Waals surface area contributed by atoms with E-state index in [0.717, 1.165) is 4.90 Å². The van der Waals surface area contributed by atoms with Gasteiger partial charge in [-0.25, -0.2) is 9.18 Å². The minimum atomic E-state index is -0.612. The number of nitrogens with zero attached hydrogens (tertiary/aromatic N) is 1. The van der Waals surface area contributed by atoms with E-state index in [4.69, 9.17) is 0 Å². The predicted molar refractivity (Wildman–Crippen MR) is 95.8 cm³/mol.